The van der Waals surface area contributed by atoms with E-state index in [0.29, 0.717) is 6.61 Å². The van der Waals surface area contributed by atoms with Crippen LogP contribution in [-0.2, 0) is 0 Å². The first kappa shape index (κ1) is 13.3. The zero-order valence-electron chi connectivity index (χ0n) is 10.9. The fraction of sp³-hybridized carbons (Fsp3) is 0.571. The lowest BCUT2D eigenvalue weighted by molar-refractivity contribution is 0.111. The third-order valence-electron chi connectivity index (χ3n) is 3.34. The molecule has 0 spiro atoms. The van der Waals surface area contributed by atoms with Gasteiger partial charge in [0.15, 0.2) is 0 Å². The van der Waals surface area contributed by atoms with E-state index in [2.05, 4.69) is 10.2 Å². The molecule has 0 saturated carbocycles. The highest BCUT2D eigenvalue weighted by molar-refractivity contribution is 5.29. The number of piperazine rings is 1. The molecular weight excluding hydrogens is 228 g/mol. The first-order valence-corrected chi connectivity index (χ1v) is 6.63. The third-order valence-corrected chi connectivity index (χ3v) is 3.34. The van der Waals surface area contributed by atoms with Gasteiger partial charge >= 0.3 is 0 Å². The summed E-state index contributed by atoms with van der Waals surface area (Å²) in [5, 5.41) is 12.9. The number of hydrogen-bond donors (Lipinski definition) is 2. The van der Waals surface area contributed by atoms with Gasteiger partial charge in [0.25, 0.3) is 0 Å². The fourth-order valence-corrected chi connectivity index (χ4v) is 2.38. The van der Waals surface area contributed by atoms with Crippen LogP contribution in [0.1, 0.15) is 18.5 Å². The average Bonchev–Trinajstić information content (AvgIpc) is 2.43. The van der Waals surface area contributed by atoms with Crippen LogP contribution in [0.4, 0.5) is 0 Å². The predicted octanol–water partition coefficient (Wildman–Crippen LogP) is 1.02. The second-order valence-corrected chi connectivity index (χ2v) is 4.49. The van der Waals surface area contributed by atoms with Crippen molar-refractivity contribution < 1.29 is 9.84 Å². The van der Waals surface area contributed by atoms with Crippen molar-refractivity contribution in [1.82, 2.24) is 10.2 Å². The molecule has 1 heterocycles. The normalized spacial score (nSPS) is 18.6. The van der Waals surface area contributed by atoms with Crippen LogP contribution in [0.3, 0.4) is 0 Å². The summed E-state index contributed by atoms with van der Waals surface area (Å²) in [5.74, 6) is 0.887. The van der Waals surface area contributed by atoms with Crippen molar-refractivity contribution >= 4 is 0 Å². The van der Waals surface area contributed by atoms with Crippen LogP contribution in [0, 0.1) is 0 Å². The number of benzene rings is 1. The Morgan fingerprint density at radius 2 is 1.94 bits per heavy atom. The molecule has 1 aliphatic rings. The highest BCUT2D eigenvalue weighted by atomic mass is 16.5. The van der Waals surface area contributed by atoms with Crippen LogP contribution in [-0.4, -0.2) is 49.4 Å². The van der Waals surface area contributed by atoms with Crippen LogP contribution < -0.4 is 10.1 Å². The zero-order chi connectivity index (χ0) is 12.8. The SMILES string of the molecule is CCOc1ccc([C@H](CO)N2CCNCC2)cc1. The van der Waals surface area contributed by atoms with Gasteiger partial charge < -0.3 is 15.2 Å². The number of aliphatic hydroxyl groups excluding tert-OH is 1. The molecule has 1 aromatic carbocycles. The van der Waals surface area contributed by atoms with Crippen LogP contribution in [0.5, 0.6) is 5.75 Å². The topological polar surface area (TPSA) is 44.7 Å². The van der Waals surface area contributed by atoms with Crippen LogP contribution in [0.15, 0.2) is 24.3 Å². The van der Waals surface area contributed by atoms with Crippen LogP contribution >= 0.6 is 0 Å². The van der Waals surface area contributed by atoms with Gasteiger partial charge in [0.1, 0.15) is 5.75 Å². The quantitative estimate of drug-likeness (QED) is 0.819. The Hall–Kier alpha value is -1.10. The van der Waals surface area contributed by atoms with E-state index in [9.17, 15) is 5.11 Å². The second kappa shape index (κ2) is 6.73. The van der Waals surface area contributed by atoms with Gasteiger partial charge in [-0.1, -0.05) is 12.1 Å². The Labute approximate surface area is 109 Å². The molecule has 4 nitrogen and oxygen atoms in total. The number of hydrogen-bond acceptors (Lipinski definition) is 4. The molecule has 0 amide bonds. The number of aliphatic hydroxyl groups is 1. The highest BCUT2D eigenvalue weighted by Gasteiger charge is 2.21. The lowest BCUT2D eigenvalue weighted by Gasteiger charge is -2.34. The van der Waals surface area contributed by atoms with Gasteiger partial charge in [-0.05, 0) is 24.6 Å². The first-order valence-electron chi connectivity index (χ1n) is 6.63. The summed E-state index contributed by atoms with van der Waals surface area (Å²) in [5.41, 5.74) is 1.16. The third kappa shape index (κ3) is 3.22. The van der Waals surface area contributed by atoms with Gasteiger partial charge in [0.2, 0.25) is 0 Å². The molecule has 1 saturated heterocycles. The smallest absolute Gasteiger partial charge is 0.119 e. The summed E-state index contributed by atoms with van der Waals surface area (Å²) in [6, 6.07) is 8.15. The van der Waals surface area contributed by atoms with Crippen LogP contribution in [0.25, 0.3) is 0 Å². The maximum absolute atomic E-state index is 9.61. The number of nitrogens with zero attached hydrogens (tertiary/aromatic N) is 1. The maximum atomic E-state index is 9.61. The van der Waals surface area contributed by atoms with E-state index in [1.54, 1.807) is 0 Å². The summed E-state index contributed by atoms with van der Waals surface area (Å²) in [7, 11) is 0. The predicted molar refractivity (Wildman–Crippen MR) is 71.9 cm³/mol. The summed E-state index contributed by atoms with van der Waals surface area (Å²) in [6.45, 7) is 6.78. The van der Waals surface area contributed by atoms with Crippen molar-refractivity contribution in [2.75, 3.05) is 39.4 Å². The van der Waals surface area contributed by atoms with E-state index in [1.165, 1.54) is 0 Å². The molecule has 4 heteroatoms. The van der Waals surface area contributed by atoms with Gasteiger partial charge in [0.05, 0.1) is 19.3 Å². The number of nitrogens with one attached hydrogen (secondary N) is 1. The molecular formula is C14H22N2O2. The molecule has 1 fully saturated rings. The van der Waals surface area contributed by atoms with E-state index in [1.807, 2.05) is 31.2 Å². The van der Waals surface area contributed by atoms with Crippen molar-refractivity contribution in [2.45, 2.75) is 13.0 Å². The van der Waals surface area contributed by atoms with Crippen molar-refractivity contribution in [2.24, 2.45) is 0 Å². The maximum Gasteiger partial charge on any atom is 0.119 e. The minimum Gasteiger partial charge on any atom is -0.494 e. The van der Waals surface area contributed by atoms with E-state index in [-0.39, 0.29) is 12.6 Å². The highest BCUT2D eigenvalue weighted by Crippen LogP contribution is 2.23. The first-order chi connectivity index (χ1) is 8.85. The second-order valence-electron chi connectivity index (χ2n) is 4.49. The molecule has 0 radical (unpaired) electrons. The molecule has 100 valence electrons. The molecule has 1 aliphatic heterocycles. The molecule has 2 rings (SSSR count). The summed E-state index contributed by atoms with van der Waals surface area (Å²) < 4.78 is 5.43. The van der Waals surface area contributed by atoms with Crippen LogP contribution in [0.2, 0.25) is 0 Å². The molecule has 0 unspecified atom stereocenters. The van der Waals surface area contributed by atoms with Gasteiger partial charge in [-0.15, -0.1) is 0 Å². The van der Waals surface area contributed by atoms with E-state index >= 15 is 0 Å². The van der Waals surface area contributed by atoms with Crippen molar-refractivity contribution in [3.8, 4) is 5.75 Å². The number of ether oxygens (including phenoxy) is 1. The minimum absolute atomic E-state index is 0.0998. The Kier molecular flexibility index (Phi) is 4.99. The molecule has 18 heavy (non-hydrogen) atoms. The Morgan fingerprint density at radius 3 is 2.50 bits per heavy atom. The summed E-state index contributed by atoms with van der Waals surface area (Å²) in [6.07, 6.45) is 0. The summed E-state index contributed by atoms with van der Waals surface area (Å²) in [4.78, 5) is 2.33. The Bertz CT molecular complexity index is 347. The van der Waals surface area contributed by atoms with E-state index < -0.39 is 0 Å². The molecule has 2 N–H and O–H groups in total. The Morgan fingerprint density at radius 1 is 1.28 bits per heavy atom. The van der Waals surface area contributed by atoms with Gasteiger partial charge in [-0.25, -0.2) is 0 Å². The van der Waals surface area contributed by atoms with Crippen molar-refractivity contribution in [1.29, 1.82) is 0 Å². The summed E-state index contributed by atoms with van der Waals surface area (Å²) >= 11 is 0. The molecule has 0 bridgehead atoms. The average molecular weight is 250 g/mol. The standard InChI is InChI=1S/C14H22N2O2/c1-2-18-13-5-3-12(4-6-13)14(11-17)16-9-7-15-8-10-16/h3-6,14-15,17H,2,7-11H2,1H3/t14-/m0/s1. The van der Waals surface area contributed by atoms with Crippen molar-refractivity contribution in [3.05, 3.63) is 29.8 Å². The molecule has 0 aliphatic carbocycles. The lowest BCUT2D eigenvalue weighted by atomic mass is 10.1. The van der Waals surface area contributed by atoms with Gasteiger partial charge in [-0.2, -0.15) is 0 Å². The number of rotatable bonds is 5. The molecule has 1 aromatic rings. The lowest BCUT2D eigenvalue weighted by Crippen LogP contribution is -2.46. The fourth-order valence-electron chi connectivity index (χ4n) is 2.38. The van der Waals surface area contributed by atoms with E-state index in [4.69, 9.17) is 4.74 Å². The van der Waals surface area contributed by atoms with Crippen molar-refractivity contribution in [3.63, 3.8) is 0 Å². The van der Waals surface area contributed by atoms with Gasteiger partial charge in [0, 0.05) is 26.2 Å². The molecule has 1 atom stereocenters. The molecule has 0 aromatic heterocycles. The zero-order valence-corrected chi connectivity index (χ0v) is 10.9. The minimum atomic E-state index is 0.0998. The monoisotopic (exact) mass is 250 g/mol. The Balaban J connectivity index is 2.06. The van der Waals surface area contributed by atoms with E-state index in [0.717, 1.165) is 37.5 Å². The van der Waals surface area contributed by atoms with Gasteiger partial charge in [-0.3, -0.25) is 4.90 Å². The largest absolute Gasteiger partial charge is 0.494 e.